The van der Waals surface area contributed by atoms with Gasteiger partial charge in [-0.15, -0.1) is 0 Å². The van der Waals surface area contributed by atoms with Crippen molar-refractivity contribution in [3.8, 4) is 11.5 Å². The molecule has 2 aliphatic heterocycles. The second-order valence-corrected chi connectivity index (χ2v) is 10.8. The fourth-order valence-corrected chi connectivity index (χ4v) is 4.78. The Morgan fingerprint density at radius 3 is 2.00 bits per heavy atom. The summed E-state index contributed by atoms with van der Waals surface area (Å²) in [4.78, 5) is 29.3. The number of nitrogens with one attached hydrogen (secondary N) is 1. The van der Waals surface area contributed by atoms with Crippen molar-refractivity contribution in [2.75, 3.05) is 31.5 Å². The number of piperazine rings is 1. The van der Waals surface area contributed by atoms with Crippen LogP contribution in [0, 0.1) is 11.6 Å². The lowest BCUT2D eigenvalue weighted by atomic mass is 9.96. The van der Waals surface area contributed by atoms with E-state index in [1.165, 1.54) is 30.5 Å². The molecule has 0 aliphatic carbocycles. The Kier molecular flexibility index (Phi) is 7.94. The van der Waals surface area contributed by atoms with E-state index in [0.717, 1.165) is 11.1 Å². The van der Waals surface area contributed by atoms with Gasteiger partial charge in [-0.1, -0.05) is 24.3 Å². The zero-order chi connectivity index (χ0) is 29.1. The van der Waals surface area contributed by atoms with Gasteiger partial charge < -0.3 is 19.1 Å². The second-order valence-electron chi connectivity index (χ2n) is 10.8. The summed E-state index contributed by atoms with van der Waals surface area (Å²) < 4.78 is 44.1. The van der Waals surface area contributed by atoms with Crippen molar-refractivity contribution in [1.82, 2.24) is 9.80 Å². The summed E-state index contributed by atoms with van der Waals surface area (Å²) in [5.74, 6) is -0.285. The molecular weight excluding hydrogens is 532 g/mol. The first-order chi connectivity index (χ1) is 19.6. The molecule has 41 heavy (non-hydrogen) atoms. The molecule has 0 atom stereocenters. The van der Waals surface area contributed by atoms with Gasteiger partial charge in [0.25, 0.3) is 5.91 Å². The predicted octanol–water partition coefficient (Wildman–Crippen LogP) is 5.86. The first-order valence-corrected chi connectivity index (χ1v) is 13.3. The highest BCUT2D eigenvalue weighted by Gasteiger charge is 2.31. The van der Waals surface area contributed by atoms with Crippen LogP contribution in [0.25, 0.3) is 0 Å². The number of amides is 2. The average molecular weight is 564 g/mol. The van der Waals surface area contributed by atoms with Crippen molar-refractivity contribution in [2.24, 2.45) is 0 Å². The van der Waals surface area contributed by atoms with E-state index in [0.29, 0.717) is 37.6 Å². The standard InChI is InChI=1S/C31H31F2N3O5/c1-31(2,3)41-30(38)34-24-12-13-25-26(18-24)40-27(19-39-25)29(37)36-16-14-35(15-17-36)28(20-4-8-22(32)9-5-20)21-6-10-23(33)11-7-21/h4-13,18-19,28H,14-17H2,1-3H3,(H,34,38). The number of fused-ring (bicyclic) bond motifs is 1. The number of hydrogen-bond acceptors (Lipinski definition) is 6. The molecule has 0 unspecified atom stereocenters. The summed E-state index contributed by atoms with van der Waals surface area (Å²) in [6.07, 6.45) is 0.663. The quantitative estimate of drug-likeness (QED) is 0.419. The highest BCUT2D eigenvalue weighted by Crippen LogP contribution is 2.36. The highest BCUT2D eigenvalue weighted by molar-refractivity contribution is 5.92. The van der Waals surface area contributed by atoms with E-state index in [2.05, 4.69) is 10.2 Å². The zero-order valence-corrected chi connectivity index (χ0v) is 23.0. The molecule has 3 aromatic rings. The molecule has 214 valence electrons. The largest absolute Gasteiger partial charge is 0.457 e. The van der Waals surface area contributed by atoms with E-state index in [1.54, 1.807) is 68.1 Å². The van der Waals surface area contributed by atoms with Gasteiger partial charge in [-0.2, -0.15) is 0 Å². The van der Waals surface area contributed by atoms with Gasteiger partial charge in [0.15, 0.2) is 11.5 Å². The van der Waals surface area contributed by atoms with E-state index in [1.807, 2.05) is 0 Å². The van der Waals surface area contributed by atoms with E-state index in [-0.39, 0.29) is 35.1 Å². The molecule has 0 aromatic heterocycles. The van der Waals surface area contributed by atoms with Crippen LogP contribution in [0.15, 0.2) is 78.8 Å². The molecule has 0 bridgehead atoms. The highest BCUT2D eigenvalue weighted by atomic mass is 19.1. The molecule has 10 heteroatoms. The smallest absolute Gasteiger partial charge is 0.412 e. The van der Waals surface area contributed by atoms with Crippen LogP contribution in [0.3, 0.4) is 0 Å². The molecule has 0 spiro atoms. The maximum Gasteiger partial charge on any atom is 0.412 e. The van der Waals surface area contributed by atoms with Gasteiger partial charge >= 0.3 is 6.09 Å². The monoisotopic (exact) mass is 563 g/mol. The third-order valence-electron chi connectivity index (χ3n) is 6.65. The number of ether oxygens (including phenoxy) is 3. The number of anilines is 1. The van der Waals surface area contributed by atoms with Gasteiger partial charge in [-0.05, 0) is 68.3 Å². The number of rotatable bonds is 5. The molecule has 1 fully saturated rings. The van der Waals surface area contributed by atoms with E-state index in [9.17, 15) is 18.4 Å². The first kappa shape index (κ1) is 28.1. The van der Waals surface area contributed by atoms with Crippen molar-refractivity contribution in [3.63, 3.8) is 0 Å². The van der Waals surface area contributed by atoms with Crippen molar-refractivity contribution in [1.29, 1.82) is 0 Å². The second kappa shape index (κ2) is 11.6. The molecule has 3 aromatic carbocycles. The summed E-state index contributed by atoms with van der Waals surface area (Å²) in [7, 11) is 0. The van der Waals surface area contributed by atoms with E-state index in [4.69, 9.17) is 14.2 Å². The van der Waals surface area contributed by atoms with Crippen LogP contribution in [-0.4, -0.2) is 53.6 Å². The summed E-state index contributed by atoms with van der Waals surface area (Å²) in [5, 5.41) is 2.65. The first-order valence-electron chi connectivity index (χ1n) is 13.3. The molecule has 1 saturated heterocycles. The van der Waals surface area contributed by atoms with Crippen molar-refractivity contribution in [3.05, 3.63) is 102 Å². The maximum atomic E-state index is 13.6. The van der Waals surface area contributed by atoms with Crippen LogP contribution in [0.1, 0.15) is 37.9 Å². The number of nitrogens with zero attached hydrogens (tertiary/aromatic N) is 2. The minimum atomic E-state index is -0.650. The Balaban J connectivity index is 1.24. The topological polar surface area (TPSA) is 80.3 Å². The van der Waals surface area contributed by atoms with Crippen molar-refractivity contribution < 1.29 is 32.6 Å². The van der Waals surface area contributed by atoms with Gasteiger partial charge in [-0.3, -0.25) is 15.0 Å². The van der Waals surface area contributed by atoms with Crippen LogP contribution in [0.2, 0.25) is 0 Å². The Labute approximate surface area is 237 Å². The van der Waals surface area contributed by atoms with Gasteiger partial charge in [0, 0.05) is 37.9 Å². The molecule has 0 saturated carbocycles. The Hall–Kier alpha value is -4.44. The molecule has 1 N–H and O–H groups in total. The summed E-state index contributed by atoms with van der Waals surface area (Å²) >= 11 is 0. The zero-order valence-electron chi connectivity index (χ0n) is 23.0. The number of carbonyl (C=O) groups excluding carboxylic acids is 2. The lowest BCUT2D eigenvalue weighted by Gasteiger charge is -2.40. The number of benzene rings is 3. The third kappa shape index (κ3) is 6.83. The molecule has 0 radical (unpaired) electrons. The van der Waals surface area contributed by atoms with Crippen LogP contribution >= 0.6 is 0 Å². The molecular formula is C31H31F2N3O5. The normalized spacial score (nSPS) is 15.4. The minimum absolute atomic E-state index is 0.0222. The molecule has 5 rings (SSSR count). The van der Waals surface area contributed by atoms with Crippen molar-refractivity contribution in [2.45, 2.75) is 32.4 Å². The van der Waals surface area contributed by atoms with E-state index >= 15 is 0 Å². The Bertz CT molecular complexity index is 1400. The fraction of sp³-hybridized carbons (Fsp3) is 0.290. The van der Waals surface area contributed by atoms with Gasteiger partial charge in [0.05, 0.1) is 6.04 Å². The van der Waals surface area contributed by atoms with Gasteiger partial charge in [-0.25, -0.2) is 13.6 Å². The van der Waals surface area contributed by atoms with E-state index < -0.39 is 11.7 Å². The summed E-state index contributed by atoms with van der Waals surface area (Å²) in [6, 6.07) is 17.1. The Morgan fingerprint density at radius 1 is 0.854 bits per heavy atom. The lowest BCUT2D eigenvalue weighted by Crippen LogP contribution is -2.50. The molecule has 2 heterocycles. The third-order valence-corrected chi connectivity index (χ3v) is 6.65. The molecule has 8 nitrogen and oxygen atoms in total. The van der Waals surface area contributed by atoms with Crippen LogP contribution in [0.4, 0.5) is 19.3 Å². The SMILES string of the molecule is CC(C)(C)OC(=O)Nc1ccc2c(c1)OC(C(=O)N1CCN(C(c3ccc(F)cc3)c3ccc(F)cc3)CC1)=CO2. The average Bonchev–Trinajstić information content (AvgIpc) is 2.94. The number of carbonyl (C=O) groups is 2. The molecule has 2 aliphatic rings. The summed E-state index contributed by atoms with van der Waals surface area (Å²) in [5.41, 5.74) is 1.52. The number of hydrogen-bond donors (Lipinski definition) is 1. The minimum Gasteiger partial charge on any atom is -0.457 e. The fourth-order valence-electron chi connectivity index (χ4n) is 4.78. The molecule has 2 amide bonds. The van der Waals surface area contributed by atoms with Gasteiger partial charge in [0.1, 0.15) is 23.5 Å². The van der Waals surface area contributed by atoms with Crippen LogP contribution < -0.4 is 14.8 Å². The Morgan fingerprint density at radius 2 is 1.44 bits per heavy atom. The summed E-state index contributed by atoms with van der Waals surface area (Å²) in [6.45, 7) is 7.18. The van der Waals surface area contributed by atoms with Crippen molar-refractivity contribution >= 4 is 17.7 Å². The number of halogens is 2. The van der Waals surface area contributed by atoms with Crippen LogP contribution in [-0.2, 0) is 9.53 Å². The van der Waals surface area contributed by atoms with Crippen LogP contribution in [0.5, 0.6) is 11.5 Å². The lowest BCUT2D eigenvalue weighted by molar-refractivity contribution is -0.131. The maximum absolute atomic E-state index is 13.6. The predicted molar refractivity (Wildman–Crippen MR) is 148 cm³/mol. The van der Waals surface area contributed by atoms with Gasteiger partial charge in [0.2, 0.25) is 5.76 Å².